The number of benzene rings is 2. The Kier molecular flexibility index (Phi) is 4.63. The summed E-state index contributed by atoms with van der Waals surface area (Å²) in [7, 11) is 1.61. The maximum atomic E-state index is 11.8. The van der Waals surface area contributed by atoms with E-state index >= 15 is 0 Å². The maximum Gasteiger partial charge on any atom is 0.253 e. The lowest BCUT2D eigenvalue weighted by Gasteiger charge is -2.13. The van der Waals surface area contributed by atoms with Crippen LogP contribution in [-0.2, 0) is 6.54 Å². The van der Waals surface area contributed by atoms with E-state index in [9.17, 15) is 4.79 Å². The van der Waals surface area contributed by atoms with Gasteiger partial charge in [0, 0.05) is 29.4 Å². The van der Waals surface area contributed by atoms with Gasteiger partial charge in [0.05, 0.1) is 5.56 Å². The van der Waals surface area contributed by atoms with Crippen LogP contribution in [0, 0.1) is 0 Å². The molecule has 4 nitrogen and oxygen atoms in total. The molecule has 0 atom stereocenters. The molecule has 5 heteroatoms. The van der Waals surface area contributed by atoms with Crippen molar-refractivity contribution in [3.8, 4) is 0 Å². The van der Waals surface area contributed by atoms with Crippen molar-refractivity contribution in [3.63, 3.8) is 0 Å². The number of halogens is 1. The van der Waals surface area contributed by atoms with E-state index in [4.69, 9.17) is 5.73 Å². The number of rotatable bonds is 4. The van der Waals surface area contributed by atoms with E-state index in [0.29, 0.717) is 17.8 Å². The Morgan fingerprint density at radius 3 is 2.70 bits per heavy atom. The summed E-state index contributed by atoms with van der Waals surface area (Å²) in [6, 6.07) is 13.1. The molecule has 4 N–H and O–H groups in total. The fraction of sp³-hybridized carbons (Fsp3) is 0.133. The van der Waals surface area contributed by atoms with E-state index in [0.717, 1.165) is 15.7 Å². The molecule has 0 aliphatic heterocycles. The van der Waals surface area contributed by atoms with E-state index in [2.05, 4.69) is 26.6 Å². The first-order valence-corrected chi connectivity index (χ1v) is 7.00. The molecule has 0 heterocycles. The van der Waals surface area contributed by atoms with Crippen LogP contribution < -0.4 is 16.4 Å². The predicted molar refractivity (Wildman–Crippen MR) is 85.7 cm³/mol. The van der Waals surface area contributed by atoms with Crippen LogP contribution in [0.3, 0.4) is 0 Å². The number of carbonyl (C=O) groups excluding carboxylic acids is 1. The van der Waals surface area contributed by atoms with E-state index in [1.54, 1.807) is 25.2 Å². The molecule has 0 radical (unpaired) electrons. The highest BCUT2D eigenvalue weighted by atomic mass is 79.9. The molecule has 0 saturated carbocycles. The second kappa shape index (κ2) is 6.43. The summed E-state index contributed by atoms with van der Waals surface area (Å²) in [5.41, 5.74) is 8.81. The van der Waals surface area contributed by atoms with E-state index in [1.165, 1.54) is 0 Å². The van der Waals surface area contributed by atoms with Gasteiger partial charge in [0.25, 0.3) is 5.91 Å². The molecule has 0 fully saturated rings. The quantitative estimate of drug-likeness (QED) is 0.753. The molecular formula is C15H16BrN3O. The lowest BCUT2D eigenvalue weighted by atomic mass is 10.1. The first kappa shape index (κ1) is 14.4. The number of amides is 1. The number of hydrogen-bond acceptors (Lipinski definition) is 3. The van der Waals surface area contributed by atoms with Gasteiger partial charge < -0.3 is 16.4 Å². The Labute approximate surface area is 126 Å². The molecular weight excluding hydrogens is 318 g/mol. The third-order valence-corrected chi connectivity index (χ3v) is 3.72. The van der Waals surface area contributed by atoms with Crippen molar-refractivity contribution in [1.29, 1.82) is 0 Å². The van der Waals surface area contributed by atoms with Crippen LogP contribution in [0.5, 0.6) is 0 Å². The minimum absolute atomic E-state index is 0.139. The highest BCUT2D eigenvalue weighted by Crippen LogP contribution is 2.22. The average molecular weight is 334 g/mol. The molecule has 104 valence electrons. The van der Waals surface area contributed by atoms with Gasteiger partial charge in [-0.1, -0.05) is 34.1 Å². The lowest BCUT2D eigenvalue weighted by molar-refractivity contribution is 0.0964. The highest BCUT2D eigenvalue weighted by molar-refractivity contribution is 9.10. The van der Waals surface area contributed by atoms with Crippen molar-refractivity contribution >= 4 is 33.2 Å². The second-order valence-electron chi connectivity index (χ2n) is 4.33. The van der Waals surface area contributed by atoms with E-state index < -0.39 is 0 Å². The van der Waals surface area contributed by atoms with Gasteiger partial charge in [-0.2, -0.15) is 0 Å². The predicted octanol–water partition coefficient (Wildman–Crippen LogP) is 3.00. The molecule has 0 bridgehead atoms. The van der Waals surface area contributed by atoms with Gasteiger partial charge in [-0.05, 0) is 29.8 Å². The molecule has 0 aliphatic carbocycles. The third kappa shape index (κ3) is 3.30. The van der Waals surface area contributed by atoms with Crippen molar-refractivity contribution in [2.45, 2.75) is 6.54 Å². The van der Waals surface area contributed by atoms with Crippen LogP contribution in [0.25, 0.3) is 0 Å². The van der Waals surface area contributed by atoms with Crippen LogP contribution in [0.2, 0.25) is 0 Å². The number of nitrogens with two attached hydrogens (primary N) is 1. The summed E-state index contributed by atoms with van der Waals surface area (Å²) < 4.78 is 1.03. The summed E-state index contributed by atoms with van der Waals surface area (Å²) in [6.07, 6.45) is 0. The van der Waals surface area contributed by atoms with Crippen molar-refractivity contribution in [2.75, 3.05) is 18.1 Å². The summed E-state index contributed by atoms with van der Waals surface area (Å²) in [5, 5.41) is 5.88. The van der Waals surface area contributed by atoms with Gasteiger partial charge in [0.1, 0.15) is 0 Å². The monoisotopic (exact) mass is 333 g/mol. The van der Waals surface area contributed by atoms with E-state index in [1.807, 2.05) is 24.3 Å². The Morgan fingerprint density at radius 1 is 1.25 bits per heavy atom. The third-order valence-electron chi connectivity index (χ3n) is 2.94. The van der Waals surface area contributed by atoms with Crippen LogP contribution in [-0.4, -0.2) is 13.0 Å². The minimum atomic E-state index is -0.139. The Hall–Kier alpha value is -2.01. The summed E-state index contributed by atoms with van der Waals surface area (Å²) in [5.74, 6) is -0.139. The Bertz CT molecular complexity index is 628. The number of nitrogen functional groups attached to an aromatic ring is 1. The summed E-state index contributed by atoms with van der Waals surface area (Å²) in [6.45, 7) is 0.606. The maximum absolute atomic E-state index is 11.8. The first-order valence-electron chi connectivity index (χ1n) is 6.20. The molecule has 0 saturated heterocycles. The fourth-order valence-corrected chi connectivity index (χ4v) is 2.30. The van der Waals surface area contributed by atoms with Gasteiger partial charge in [-0.15, -0.1) is 0 Å². The smallest absolute Gasteiger partial charge is 0.253 e. The van der Waals surface area contributed by atoms with Gasteiger partial charge in [-0.3, -0.25) is 4.79 Å². The molecule has 0 spiro atoms. The van der Waals surface area contributed by atoms with Crippen LogP contribution in [0.15, 0.2) is 46.9 Å². The Balaban J connectivity index is 2.22. The van der Waals surface area contributed by atoms with Crippen molar-refractivity contribution in [2.24, 2.45) is 0 Å². The minimum Gasteiger partial charge on any atom is -0.399 e. The average Bonchev–Trinajstić information content (AvgIpc) is 2.46. The molecule has 0 aromatic heterocycles. The summed E-state index contributed by atoms with van der Waals surface area (Å²) in [4.78, 5) is 11.8. The molecule has 20 heavy (non-hydrogen) atoms. The summed E-state index contributed by atoms with van der Waals surface area (Å²) >= 11 is 3.50. The fourth-order valence-electron chi connectivity index (χ4n) is 1.87. The van der Waals surface area contributed by atoms with Crippen LogP contribution in [0.1, 0.15) is 15.9 Å². The van der Waals surface area contributed by atoms with Crippen molar-refractivity contribution in [3.05, 3.63) is 58.1 Å². The SMILES string of the molecule is CNC(=O)c1ccc(N)cc1NCc1ccccc1Br. The Morgan fingerprint density at radius 2 is 2.00 bits per heavy atom. The zero-order chi connectivity index (χ0) is 14.5. The zero-order valence-corrected chi connectivity index (χ0v) is 12.7. The molecule has 2 aromatic rings. The van der Waals surface area contributed by atoms with E-state index in [-0.39, 0.29) is 5.91 Å². The van der Waals surface area contributed by atoms with Gasteiger partial charge in [-0.25, -0.2) is 0 Å². The van der Waals surface area contributed by atoms with Crippen LogP contribution in [0.4, 0.5) is 11.4 Å². The number of hydrogen-bond donors (Lipinski definition) is 3. The number of anilines is 2. The van der Waals surface area contributed by atoms with Crippen LogP contribution >= 0.6 is 15.9 Å². The second-order valence-corrected chi connectivity index (χ2v) is 5.18. The first-order chi connectivity index (χ1) is 9.61. The largest absolute Gasteiger partial charge is 0.399 e. The number of carbonyl (C=O) groups is 1. The molecule has 1 amide bonds. The van der Waals surface area contributed by atoms with Gasteiger partial charge >= 0.3 is 0 Å². The molecule has 2 rings (SSSR count). The zero-order valence-electron chi connectivity index (χ0n) is 11.1. The standard InChI is InChI=1S/C15H16BrN3O/c1-18-15(20)12-7-6-11(17)8-14(12)19-9-10-4-2-3-5-13(10)16/h2-8,19H,9,17H2,1H3,(H,18,20). The highest BCUT2D eigenvalue weighted by Gasteiger charge is 2.10. The van der Waals surface area contributed by atoms with Gasteiger partial charge in [0.2, 0.25) is 0 Å². The lowest BCUT2D eigenvalue weighted by Crippen LogP contribution is -2.19. The van der Waals surface area contributed by atoms with Gasteiger partial charge in [0.15, 0.2) is 0 Å². The molecule has 2 aromatic carbocycles. The normalized spacial score (nSPS) is 10.1. The molecule has 0 aliphatic rings. The topological polar surface area (TPSA) is 67.2 Å². The molecule has 0 unspecified atom stereocenters. The number of nitrogens with one attached hydrogen (secondary N) is 2. The van der Waals surface area contributed by atoms with Crippen molar-refractivity contribution < 1.29 is 4.79 Å². The van der Waals surface area contributed by atoms with Crippen molar-refractivity contribution in [1.82, 2.24) is 5.32 Å².